The van der Waals surface area contributed by atoms with Gasteiger partial charge in [-0.1, -0.05) is 0 Å². The molecule has 0 atom stereocenters. The Kier molecular flexibility index (Phi) is 1.82. The van der Waals surface area contributed by atoms with Gasteiger partial charge in [0.15, 0.2) is 5.65 Å². The van der Waals surface area contributed by atoms with Gasteiger partial charge in [0.1, 0.15) is 0 Å². The van der Waals surface area contributed by atoms with Gasteiger partial charge >= 0.3 is 0 Å². The van der Waals surface area contributed by atoms with Crippen LogP contribution in [0.3, 0.4) is 0 Å². The van der Waals surface area contributed by atoms with Gasteiger partial charge in [-0.25, -0.2) is 9.50 Å². The Labute approximate surface area is 77.0 Å². The fourth-order valence-electron chi connectivity index (χ4n) is 1.01. The van der Waals surface area contributed by atoms with E-state index in [1.807, 2.05) is 0 Å². The number of nitrogens with zero attached hydrogens (tertiary/aromatic N) is 3. The molecule has 0 aliphatic rings. The molecule has 2 aromatic heterocycles. The zero-order chi connectivity index (χ0) is 8.55. The van der Waals surface area contributed by atoms with Crippen molar-refractivity contribution in [2.24, 2.45) is 0 Å². The van der Waals surface area contributed by atoms with E-state index in [-0.39, 0.29) is 6.61 Å². The van der Waals surface area contributed by atoms with Crippen molar-refractivity contribution in [3.8, 4) is 0 Å². The normalized spacial score (nSPS) is 10.8. The first-order chi connectivity index (χ1) is 5.81. The van der Waals surface area contributed by atoms with Gasteiger partial charge in [0.2, 0.25) is 0 Å². The second-order valence-corrected chi connectivity index (χ2v) is 3.28. The summed E-state index contributed by atoms with van der Waals surface area (Å²) < 4.78 is 2.48. The Hall–Kier alpha value is -0.940. The molecular formula is C7H6BrN3O. The molecule has 0 aromatic carbocycles. The largest absolute Gasteiger partial charge is 0.391 e. The second kappa shape index (κ2) is 2.84. The maximum atomic E-state index is 8.89. The van der Waals surface area contributed by atoms with E-state index in [0.717, 1.165) is 10.0 Å². The third-order valence-electron chi connectivity index (χ3n) is 1.57. The number of rotatable bonds is 1. The molecule has 0 saturated heterocycles. The van der Waals surface area contributed by atoms with E-state index in [9.17, 15) is 0 Å². The maximum Gasteiger partial charge on any atom is 0.160 e. The minimum atomic E-state index is -0.0296. The average molecular weight is 228 g/mol. The Bertz CT molecular complexity index is 412. The van der Waals surface area contributed by atoms with Crippen molar-refractivity contribution in [2.45, 2.75) is 6.61 Å². The van der Waals surface area contributed by atoms with Crippen LogP contribution in [0.15, 0.2) is 23.1 Å². The van der Waals surface area contributed by atoms with Gasteiger partial charge in [-0.05, 0) is 15.9 Å². The predicted octanol–water partition coefficient (Wildman–Crippen LogP) is 0.984. The van der Waals surface area contributed by atoms with Crippen molar-refractivity contribution >= 4 is 21.6 Å². The van der Waals surface area contributed by atoms with Crippen LogP contribution in [0.4, 0.5) is 0 Å². The summed E-state index contributed by atoms with van der Waals surface area (Å²) in [5.41, 5.74) is 1.43. The predicted molar refractivity (Wildman–Crippen MR) is 46.6 cm³/mol. The topological polar surface area (TPSA) is 50.4 Å². The Morgan fingerprint density at radius 2 is 2.33 bits per heavy atom. The highest BCUT2D eigenvalue weighted by molar-refractivity contribution is 9.10. The fraction of sp³-hybridized carbons (Fsp3) is 0.143. The smallest absolute Gasteiger partial charge is 0.160 e. The van der Waals surface area contributed by atoms with Crippen LogP contribution in [0.5, 0.6) is 0 Å². The molecule has 5 heteroatoms. The van der Waals surface area contributed by atoms with Crippen molar-refractivity contribution < 1.29 is 5.11 Å². The molecule has 0 amide bonds. The SMILES string of the molecule is OCc1cnn2cc(Br)cnc12. The minimum absolute atomic E-state index is 0.0296. The van der Waals surface area contributed by atoms with Crippen LogP contribution in [0, 0.1) is 0 Å². The van der Waals surface area contributed by atoms with Crippen molar-refractivity contribution in [1.29, 1.82) is 0 Å². The highest BCUT2D eigenvalue weighted by Gasteiger charge is 2.02. The molecule has 2 rings (SSSR count). The number of hydrogen-bond donors (Lipinski definition) is 1. The van der Waals surface area contributed by atoms with Crippen molar-refractivity contribution in [2.75, 3.05) is 0 Å². The molecule has 2 heterocycles. The summed E-state index contributed by atoms with van der Waals surface area (Å²) in [6.07, 6.45) is 5.08. The van der Waals surface area contributed by atoms with Gasteiger partial charge in [0.05, 0.1) is 17.3 Å². The number of fused-ring (bicyclic) bond motifs is 1. The first-order valence-electron chi connectivity index (χ1n) is 3.40. The number of hydrogen-bond acceptors (Lipinski definition) is 3. The van der Waals surface area contributed by atoms with Gasteiger partial charge in [0, 0.05) is 18.0 Å². The zero-order valence-corrected chi connectivity index (χ0v) is 7.69. The summed E-state index contributed by atoms with van der Waals surface area (Å²) in [5.74, 6) is 0. The summed E-state index contributed by atoms with van der Waals surface area (Å²) in [4.78, 5) is 4.11. The lowest BCUT2D eigenvalue weighted by Crippen LogP contribution is -1.90. The molecule has 0 aliphatic heterocycles. The van der Waals surface area contributed by atoms with E-state index in [1.54, 1.807) is 23.1 Å². The van der Waals surface area contributed by atoms with E-state index < -0.39 is 0 Å². The van der Waals surface area contributed by atoms with E-state index in [1.165, 1.54) is 0 Å². The molecule has 12 heavy (non-hydrogen) atoms. The van der Waals surface area contributed by atoms with Crippen LogP contribution >= 0.6 is 15.9 Å². The third-order valence-corrected chi connectivity index (χ3v) is 1.98. The number of aliphatic hydroxyl groups is 1. The maximum absolute atomic E-state index is 8.89. The Morgan fingerprint density at radius 1 is 1.50 bits per heavy atom. The van der Waals surface area contributed by atoms with Gasteiger partial charge in [-0.15, -0.1) is 0 Å². The van der Waals surface area contributed by atoms with Crippen LogP contribution in [-0.4, -0.2) is 19.7 Å². The van der Waals surface area contributed by atoms with E-state index >= 15 is 0 Å². The lowest BCUT2D eigenvalue weighted by molar-refractivity contribution is 0.283. The molecule has 2 aromatic rings. The van der Waals surface area contributed by atoms with Crippen LogP contribution in [-0.2, 0) is 6.61 Å². The number of aromatic nitrogens is 3. The standard InChI is InChI=1S/C7H6BrN3O/c8-6-2-9-7-5(4-12)1-10-11(7)3-6/h1-3,12H,4H2. The lowest BCUT2D eigenvalue weighted by atomic mass is 10.4. The number of halogens is 1. The highest BCUT2D eigenvalue weighted by atomic mass is 79.9. The van der Waals surface area contributed by atoms with Crippen molar-refractivity contribution in [3.05, 3.63) is 28.6 Å². The second-order valence-electron chi connectivity index (χ2n) is 2.37. The Morgan fingerprint density at radius 3 is 3.08 bits per heavy atom. The van der Waals surface area contributed by atoms with E-state index in [4.69, 9.17) is 5.11 Å². The number of aliphatic hydroxyl groups excluding tert-OH is 1. The van der Waals surface area contributed by atoms with Gasteiger partial charge in [0.25, 0.3) is 0 Å². The average Bonchev–Trinajstić information content (AvgIpc) is 2.46. The quantitative estimate of drug-likeness (QED) is 0.791. The summed E-state index contributed by atoms with van der Waals surface area (Å²) >= 11 is 3.28. The van der Waals surface area contributed by atoms with Gasteiger partial charge in [-0.3, -0.25) is 0 Å². The lowest BCUT2D eigenvalue weighted by Gasteiger charge is -1.93. The Balaban J connectivity index is 2.73. The van der Waals surface area contributed by atoms with Crippen molar-refractivity contribution in [1.82, 2.24) is 14.6 Å². The molecule has 0 fully saturated rings. The van der Waals surface area contributed by atoms with Crippen LogP contribution in [0.2, 0.25) is 0 Å². The van der Waals surface area contributed by atoms with Crippen LogP contribution in [0.1, 0.15) is 5.56 Å². The monoisotopic (exact) mass is 227 g/mol. The van der Waals surface area contributed by atoms with E-state index in [2.05, 4.69) is 26.0 Å². The van der Waals surface area contributed by atoms with Gasteiger partial charge < -0.3 is 5.11 Å². The molecule has 0 spiro atoms. The molecule has 1 N–H and O–H groups in total. The molecule has 0 radical (unpaired) electrons. The zero-order valence-electron chi connectivity index (χ0n) is 6.11. The molecule has 0 saturated carbocycles. The first-order valence-corrected chi connectivity index (χ1v) is 4.19. The minimum Gasteiger partial charge on any atom is -0.391 e. The summed E-state index contributed by atoms with van der Waals surface area (Å²) in [5, 5.41) is 12.9. The third kappa shape index (κ3) is 1.11. The van der Waals surface area contributed by atoms with E-state index in [0.29, 0.717) is 5.65 Å². The first kappa shape index (κ1) is 7.70. The van der Waals surface area contributed by atoms with Crippen molar-refractivity contribution in [3.63, 3.8) is 0 Å². The molecule has 0 unspecified atom stereocenters. The summed E-state index contributed by atoms with van der Waals surface area (Å²) in [7, 11) is 0. The summed E-state index contributed by atoms with van der Waals surface area (Å²) in [6, 6.07) is 0. The molecule has 0 aliphatic carbocycles. The molecule has 0 bridgehead atoms. The van der Waals surface area contributed by atoms with Gasteiger partial charge in [-0.2, -0.15) is 5.10 Å². The molecular weight excluding hydrogens is 222 g/mol. The molecule has 62 valence electrons. The fourth-order valence-corrected chi connectivity index (χ4v) is 1.31. The van der Waals surface area contributed by atoms with Crippen LogP contribution in [0.25, 0.3) is 5.65 Å². The van der Waals surface area contributed by atoms with Crippen LogP contribution < -0.4 is 0 Å². The molecule has 4 nitrogen and oxygen atoms in total. The summed E-state index contributed by atoms with van der Waals surface area (Å²) in [6.45, 7) is -0.0296. The highest BCUT2D eigenvalue weighted by Crippen LogP contribution is 2.11.